The van der Waals surface area contributed by atoms with Gasteiger partial charge in [-0.25, -0.2) is 4.79 Å². The van der Waals surface area contributed by atoms with Crippen molar-refractivity contribution in [3.63, 3.8) is 0 Å². The average Bonchev–Trinajstić information content (AvgIpc) is 2.73. The number of rotatable bonds is 4. The molecule has 1 saturated carbocycles. The van der Waals surface area contributed by atoms with E-state index in [-0.39, 0.29) is 11.6 Å². The highest BCUT2D eigenvalue weighted by molar-refractivity contribution is 8.00. The number of carboxylic acid groups (broad SMARTS) is 1. The Balaban J connectivity index is 2.16. The zero-order chi connectivity index (χ0) is 12.3. The molecule has 0 aliphatic heterocycles. The lowest BCUT2D eigenvalue weighted by Gasteiger charge is -2.20. The highest BCUT2D eigenvalue weighted by Gasteiger charge is 2.26. The summed E-state index contributed by atoms with van der Waals surface area (Å²) in [4.78, 5) is 11.5. The van der Waals surface area contributed by atoms with Crippen LogP contribution in [0.15, 0.2) is 9.42 Å². The molecule has 0 bridgehead atoms. The first-order chi connectivity index (χ1) is 8.22. The number of methoxy groups -OCH3 is 1. The second-order valence-corrected chi connectivity index (χ2v) is 5.34. The van der Waals surface area contributed by atoms with Crippen LogP contribution >= 0.6 is 11.8 Å². The van der Waals surface area contributed by atoms with E-state index in [1.165, 1.54) is 38.1 Å². The Morgan fingerprint density at radius 2 is 2.18 bits per heavy atom. The van der Waals surface area contributed by atoms with E-state index in [1.54, 1.807) is 0 Å². The van der Waals surface area contributed by atoms with Crippen LogP contribution in [-0.2, 0) is 0 Å². The number of thioether (sulfide) groups is 1. The Bertz CT molecular complexity index is 398. The van der Waals surface area contributed by atoms with E-state index in [1.807, 2.05) is 0 Å². The van der Waals surface area contributed by atoms with E-state index in [2.05, 4.69) is 5.16 Å². The van der Waals surface area contributed by atoms with Gasteiger partial charge < -0.3 is 14.4 Å². The van der Waals surface area contributed by atoms with Crippen LogP contribution in [-0.4, -0.2) is 28.6 Å². The lowest BCUT2D eigenvalue weighted by Crippen LogP contribution is -2.09. The van der Waals surface area contributed by atoms with Crippen molar-refractivity contribution in [3.8, 4) is 5.88 Å². The monoisotopic (exact) mass is 257 g/mol. The summed E-state index contributed by atoms with van der Waals surface area (Å²) in [6, 6.07) is 0. The fourth-order valence-electron chi connectivity index (χ4n) is 1.99. The van der Waals surface area contributed by atoms with Crippen LogP contribution in [0.4, 0.5) is 0 Å². The Labute approximate surface area is 104 Å². The third-order valence-electron chi connectivity index (χ3n) is 2.84. The number of carboxylic acids is 1. The first kappa shape index (κ1) is 12.3. The second kappa shape index (κ2) is 5.44. The van der Waals surface area contributed by atoms with Crippen molar-refractivity contribution in [3.05, 3.63) is 5.76 Å². The molecule has 1 aromatic rings. The van der Waals surface area contributed by atoms with E-state index in [4.69, 9.17) is 14.4 Å². The van der Waals surface area contributed by atoms with Gasteiger partial charge >= 0.3 is 5.97 Å². The molecule has 1 N–H and O–H groups in total. The van der Waals surface area contributed by atoms with Crippen molar-refractivity contribution in [2.75, 3.05) is 7.11 Å². The van der Waals surface area contributed by atoms with Gasteiger partial charge in [0.25, 0.3) is 11.6 Å². The maximum Gasteiger partial charge on any atom is 0.376 e. The number of nitrogens with zero attached hydrogens (tertiary/aromatic N) is 1. The second-order valence-electron chi connectivity index (χ2n) is 4.03. The van der Waals surface area contributed by atoms with Crippen LogP contribution in [0.1, 0.15) is 42.7 Å². The number of carbonyl (C=O) groups is 1. The molecule has 1 heterocycles. The Hall–Kier alpha value is -1.17. The van der Waals surface area contributed by atoms with Gasteiger partial charge in [-0.05, 0) is 18.0 Å². The minimum absolute atomic E-state index is 0.113. The van der Waals surface area contributed by atoms with Gasteiger partial charge in [-0.2, -0.15) is 0 Å². The van der Waals surface area contributed by atoms with E-state index in [9.17, 15) is 4.79 Å². The Morgan fingerprint density at radius 3 is 2.76 bits per heavy atom. The molecule has 94 valence electrons. The Morgan fingerprint density at radius 1 is 1.47 bits per heavy atom. The molecule has 0 unspecified atom stereocenters. The smallest absolute Gasteiger partial charge is 0.376 e. The fourth-order valence-corrected chi connectivity index (χ4v) is 3.34. The summed E-state index contributed by atoms with van der Waals surface area (Å²) in [5.74, 6) is -0.936. The highest BCUT2D eigenvalue weighted by Crippen LogP contribution is 2.39. The molecule has 1 fully saturated rings. The summed E-state index contributed by atoms with van der Waals surface area (Å²) in [7, 11) is 1.47. The van der Waals surface area contributed by atoms with Crippen molar-refractivity contribution in [1.82, 2.24) is 5.16 Å². The number of hydrogen-bond acceptors (Lipinski definition) is 5. The van der Waals surface area contributed by atoms with E-state index >= 15 is 0 Å². The fraction of sp³-hybridized carbons (Fsp3) is 0.636. The number of ether oxygens (including phenoxy) is 1. The largest absolute Gasteiger partial charge is 0.478 e. The van der Waals surface area contributed by atoms with Crippen molar-refractivity contribution in [1.29, 1.82) is 0 Å². The normalized spacial score (nSPS) is 17.0. The SMILES string of the molecule is COc1noc(C(=O)O)c1SC1CCCCC1. The summed E-state index contributed by atoms with van der Waals surface area (Å²) < 4.78 is 9.82. The van der Waals surface area contributed by atoms with Crippen LogP contribution in [0, 0.1) is 0 Å². The molecular formula is C11H15NO4S. The third kappa shape index (κ3) is 2.74. The van der Waals surface area contributed by atoms with E-state index < -0.39 is 5.97 Å². The zero-order valence-corrected chi connectivity index (χ0v) is 10.5. The first-order valence-corrected chi connectivity index (χ1v) is 6.54. The number of aromatic nitrogens is 1. The highest BCUT2D eigenvalue weighted by atomic mass is 32.2. The van der Waals surface area contributed by atoms with E-state index in [0.29, 0.717) is 10.1 Å². The molecule has 1 aliphatic rings. The lowest BCUT2D eigenvalue weighted by molar-refractivity contribution is 0.0647. The first-order valence-electron chi connectivity index (χ1n) is 5.66. The number of hydrogen-bond donors (Lipinski definition) is 1. The topological polar surface area (TPSA) is 72.6 Å². The molecule has 1 aromatic heterocycles. The van der Waals surface area contributed by atoms with Gasteiger partial charge in [-0.1, -0.05) is 19.3 Å². The summed E-state index contributed by atoms with van der Waals surface area (Å²) in [5.41, 5.74) is 0. The quantitative estimate of drug-likeness (QED) is 0.894. The molecule has 0 saturated heterocycles. The molecule has 1 aliphatic carbocycles. The van der Waals surface area contributed by atoms with Crippen molar-refractivity contribution in [2.24, 2.45) is 0 Å². The van der Waals surface area contributed by atoms with Gasteiger partial charge in [0, 0.05) is 5.25 Å². The summed E-state index contributed by atoms with van der Waals surface area (Å²) in [6.07, 6.45) is 5.89. The summed E-state index contributed by atoms with van der Waals surface area (Å²) >= 11 is 1.52. The molecule has 0 radical (unpaired) electrons. The minimum Gasteiger partial charge on any atom is -0.478 e. The van der Waals surface area contributed by atoms with Crippen LogP contribution < -0.4 is 4.74 Å². The predicted molar refractivity (Wildman–Crippen MR) is 62.7 cm³/mol. The summed E-state index contributed by atoms with van der Waals surface area (Å²) in [5, 5.41) is 13.1. The molecule has 0 atom stereocenters. The van der Waals surface area contributed by atoms with Gasteiger partial charge in [-0.3, -0.25) is 0 Å². The van der Waals surface area contributed by atoms with Crippen molar-refractivity contribution >= 4 is 17.7 Å². The minimum atomic E-state index is -1.10. The zero-order valence-electron chi connectivity index (χ0n) is 9.64. The van der Waals surface area contributed by atoms with Gasteiger partial charge in [0.15, 0.2) is 0 Å². The van der Waals surface area contributed by atoms with Gasteiger partial charge in [0.05, 0.1) is 7.11 Å². The third-order valence-corrected chi connectivity index (χ3v) is 4.25. The average molecular weight is 257 g/mol. The molecule has 0 amide bonds. The molecule has 2 rings (SSSR count). The van der Waals surface area contributed by atoms with Gasteiger partial charge in [0.1, 0.15) is 4.90 Å². The van der Waals surface area contributed by atoms with E-state index in [0.717, 1.165) is 12.8 Å². The van der Waals surface area contributed by atoms with Crippen LogP contribution in [0.3, 0.4) is 0 Å². The Kier molecular flexibility index (Phi) is 3.93. The molecule has 0 aromatic carbocycles. The standard InChI is InChI=1S/C11H15NO4S/c1-15-10-9(8(11(13)14)16-12-10)17-7-5-3-2-4-6-7/h7H,2-6H2,1H3,(H,13,14). The van der Waals surface area contributed by atoms with Crippen molar-refractivity contribution < 1.29 is 19.2 Å². The van der Waals surface area contributed by atoms with Crippen molar-refractivity contribution in [2.45, 2.75) is 42.2 Å². The maximum atomic E-state index is 11.0. The van der Waals surface area contributed by atoms with Gasteiger partial charge in [0.2, 0.25) is 0 Å². The van der Waals surface area contributed by atoms with Crippen LogP contribution in [0.5, 0.6) is 5.88 Å². The lowest BCUT2D eigenvalue weighted by atomic mass is 10.0. The molecule has 6 heteroatoms. The van der Waals surface area contributed by atoms with Crippen LogP contribution in [0.2, 0.25) is 0 Å². The molecular weight excluding hydrogens is 242 g/mol. The molecule has 0 spiro atoms. The van der Waals surface area contributed by atoms with Crippen LogP contribution in [0.25, 0.3) is 0 Å². The maximum absolute atomic E-state index is 11.0. The van der Waals surface area contributed by atoms with Gasteiger partial charge in [-0.15, -0.1) is 11.8 Å². The molecule has 17 heavy (non-hydrogen) atoms. The number of aromatic carboxylic acids is 1. The molecule has 5 nitrogen and oxygen atoms in total. The summed E-state index contributed by atoms with van der Waals surface area (Å²) in [6.45, 7) is 0. The predicted octanol–water partition coefficient (Wildman–Crippen LogP) is 2.81.